The summed E-state index contributed by atoms with van der Waals surface area (Å²) < 4.78 is 38.1. The van der Waals surface area contributed by atoms with Crippen molar-refractivity contribution in [2.75, 3.05) is 44.2 Å². The summed E-state index contributed by atoms with van der Waals surface area (Å²) in [5.41, 5.74) is 1.86. The molecule has 2 aromatic heterocycles. The summed E-state index contributed by atoms with van der Waals surface area (Å²) in [7, 11) is 0. The first-order chi connectivity index (χ1) is 16.8. The van der Waals surface area contributed by atoms with Gasteiger partial charge < -0.3 is 19.7 Å². The van der Waals surface area contributed by atoms with Gasteiger partial charge in [0, 0.05) is 68.1 Å². The quantitative estimate of drug-likeness (QED) is 0.714. The van der Waals surface area contributed by atoms with E-state index in [4.69, 9.17) is 0 Å². The lowest BCUT2D eigenvalue weighted by molar-refractivity contribution is -0.180. The van der Waals surface area contributed by atoms with Gasteiger partial charge in [-0.1, -0.05) is 0 Å². The molecule has 3 saturated heterocycles. The third kappa shape index (κ3) is 3.65. The van der Waals surface area contributed by atoms with Gasteiger partial charge in [-0.15, -0.1) is 10.2 Å². The molecule has 5 heterocycles. The summed E-state index contributed by atoms with van der Waals surface area (Å²) in [5, 5.41) is 8.65. The van der Waals surface area contributed by atoms with Crippen molar-refractivity contribution in [3.63, 3.8) is 0 Å². The molecule has 0 aromatic carbocycles. The number of amides is 2. The number of hydrogen-bond acceptors (Lipinski definition) is 5. The largest absolute Gasteiger partial charge is 0.395 e. The Bertz CT molecular complexity index is 1120. The molecule has 0 bridgehead atoms. The zero-order valence-corrected chi connectivity index (χ0v) is 19.3. The van der Waals surface area contributed by atoms with E-state index in [0.29, 0.717) is 24.9 Å². The maximum atomic E-state index is 12.9. The van der Waals surface area contributed by atoms with Crippen LogP contribution >= 0.6 is 0 Å². The van der Waals surface area contributed by atoms with E-state index in [2.05, 4.69) is 20.2 Å². The third-order valence-corrected chi connectivity index (χ3v) is 8.60. The molecule has 2 aromatic rings. The molecule has 8 nitrogen and oxygen atoms in total. The smallest absolute Gasteiger partial charge is 0.369 e. The molecular weight excluding hydrogens is 459 g/mol. The van der Waals surface area contributed by atoms with Crippen LogP contribution in [0.5, 0.6) is 0 Å². The van der Waals surface area contributed by atoms with Crippen molar-refractivity contribution in [1.82, 2.24) is 30.0 Å². The minimum atomic E-state index is -4.13. The minimum Gasteiger partial charge on any atom is -0.369 e. The summed E-state index contributed by atoms with van der Waals surface area (Å²) in [6, 6.07) is 3.82. The van der Waals surface area contributed by atoms with Gasteiger partial charge in [0.2, 0.25) is 0 Å². The van der Waals surface area contributed by atoms with Crippen LogP contribution in [0, 0.1) is 11.3 Å². The Labute approximate surface area is 200 Å². The molecule has 2 amide bonds. The SMILES string of the molecule is O=C(N1CC(c2ccc(N3CC(C(F)(F)F)C3)cn2)C1)N1CC2(CC(c3nnc(C4CC4)[nH]3)C2)C1. The second-order valence-electron chi connectivity index (χ2n) is 11.3. The predicted molar refractivity (Wildman–Crippen MR) is 120 cm³/mol. The minimum absolute atomic E-state index is 0.00574. The number of alkyl halides is 3. The summed E-state index contributed by atoms with van der Waals surface area (Å²) in [6.45, 7) is 2.89. The van der Waals surface area contributed by atoms with Crippen LogP contribution in [-0.4, -0.2) is 81.4 Å². The number of halogens is 3. The molecular formula is C24H28F3N7O. The van der Waals surface area contributed by atoms with E-state index < -0.39 is 12.1 Å². The number of urea groups is 1. The molecule has 2 saturated carbocycles. The molecule has 5 aliphatic rings. The monoisotopic (exact) mass is 487 g/mol. The van der Waals surface area contributed by atoms with Gasteiger partial charge in [0.25, 0.3) is 0 Å². The second kappa shape index (κ2) is 7.33. The van der Waals surface area contributed by atoms with Crippen LogP contribution in [0.3, 0.4) is 0 Å². The number of nitrogens with one attached hydrogen (secondary N) is 1. The van der Waals surface area contributed by atoms with Crippen LogP contribution in [0.25, 0.3) is 0 Å². The van der Waals surface area contributed by atoms with Crippen LogP contribution in [0.2, 0.25) is 0 Å². The normalized spacial score (nSPS) is 24.7. The average Bonchev–Trinajstić information content (AvgIpc) is 3.42. The molecule has 186 valence electrons. The molecule has 0 unspecified atom stereocenters. The summed E-state index contributed by atoms with van der Waals surface area (Å²) in [6.07, 6.45) is 2.08. The number of rotatable bonds is 4. The molecule has 5 fully saturated rings. The van der Waals surface area contributed by atoms with Gasteiger partial charge in [-0.05, 0) is 37.8 Å². The van der Waals surface area contributed by atoms with Crippen molar-refractivity contribution < 1.29 is 18.0 Å². The zero-order valence-electron chi connectivity index (χ0n) is 19.3. The number of pyridine rings is 1. The van der Waals surface area contributed by atoms with Crippen molar-refractivity contribution in [3.8, 4) is 0 Å². The lowest BCUT2D eigenvalue weighted by atomic mass is 9.57. The number of anilines is 1. The average molecular weight is 488 g/mol. The van der Waals surface area contributed by atoms with E-state index in [0.717, 1.165) is 49.0 Å². The highest BCUT2D eigenvalue weighted by Gasteiger charge is 2.56. The predicted octanol–water partition coefficient (Wildman–Crippen LogP) is 3.47. The molecule has 35 heavy (non-hydrogen) atoms. The van der Waals surface area contributed by atoms with Crippen molar-refractivity contribution in [2.45, 2.75) is 49.6 Å². The number of nitrogens with zero attached hydrogens (tertiary/aromatic N) is 6. The summed E-state index contributed by atoms with van der Waals surface area (Å²) in [4.78, 5) is 26.3. The Kier molecular flexibility index (Phi) is 4.49. The Morgan fingerprint density at radius 1 is 0.943 bits per heavy atom. The van der Waals surface area contributed by atoms with E-state index in [9.17, 15) is 18.0 Å². The van der Waals surface area contributed by atoms with Gasteiger partial charge in [-0.2, -0.15) is 13.2 Å². The molecule has 0 radical (unpaired) electrons. The fourth-order valence-electron chi connectivity index (χ4n) is 6.09. The molecule has 11 heteroatoms. The van der Waals surface area contributed by atoms with Gasteiger partial charge in [-0.25, -0.2) is 4.79 Å². The van der Waals surface area contributed by atoms with Crippen LogP contribution in [-0.2, 0) is 0 Å². The molecule has 1 N–H and O–H groups in total. The molecule has 2 aliphatic carbocycles. The maximum absolute atomic E-state index is 12.9. The number of likely N-dealkylation sites (tertiary alicyclic amines) is 2. The van der Waals surface area contributed by atoms with Crippen LogP contribution < -0.4 is 4.90 Å². The molecule has 1 spiro atoms. The molecule has 0 atom stereocenters. The highest BCUT2D eigenvalue weighted by atomic mass is 19.4. The van der Waals surface area contributed by atoms with Crippen LogP contribution in [0.4, 0.5) is 23.7 Å². The fraction of sp³-hybridized carbons (Fsp3) is 0.667. The van der Waals surface area contributed by atoms with Gasteiger partial charge in [0.15, 0.2) is 0 Å². The number of carbonyl (C=O) groups excluding carboxylic acids is 1. The van der Waals surface area contributed by atoms with Crippen molar-refractivity contribution in [2.24, 2.45) is 11.3 Å². The maximum Gasteiger partial charge on any atom is 0.395 e. The molecule has 3 aliphatic heterocycles. The summed E-state index contributed by atoms with van der Waals surface area (Å²) in [5.74, 6) is 2.01. The lowest BCUT2D eigenvalue weighted by Crippen LogP contribution is -2.67. The second-order valence-corrected chi connectivity index (χ2v) is 11.3. The first-order valence-corrected chi connectivity index (χ1v) is 12.5. The fourth-order valence-corrected chi connectivity index (χ4v) is 6.09. The van der Waals surface area contributed by atoms with Gasteiger partial charge >= 0.3 is 12.2 Å². The van der Waals surface area contributed by atoms with Gasteiger partial charge in [0.05, 0.1) is 17.8 Å². The topological polar surface area (TPSA) is 81.2 Å². The lowest BCUT2D eigenvalue weighted by Gasteiger charge is -2.59. The number of H-pyrrole nitrogens is 1. The Balaban J connectivity index is 0.858. The Morgan fingerprint density at radius 3 is 2.23 bits per heavy atom. The highest BCUT2D eigenvalue weighted by molar-refractivity contribution is 5.77. The van der Waals surface area contributed by atoms with E-state index in [-0.39, 0.29) is 30.5 Å². The van der Waals surface area contributed by atoms with E-state index in [1.54, 1.807) is 11.1 Å². The van der Waals surface area contributed by atoms with Crippen molar-refractivity contribution >= 4 is 11.7 Å². The van der Waals surface area contributed by atoms with E-state index in [1.165, 1.54) is 12.8 Å². The number of carbonyl (C=O) groups is 1. The van der Waals surface area contributed by atoms with Crippen LogP contribution in [0.1, 0.15) is 60.8 Å². The van der Waals surface area contributed by atoms with Gasteiger partial charge in [-0.3, -0.25) is 4.98 Å². The first-order valence-electron chi connectivity index (χ1n) is 12.5. The zero-order chi connectivity index (χ0) is 23.9. The standard InChI is InChI=1S/C24H28F3N7O/c25-24(26,27)17-10-32(11-17)18-3-4-19(28-7-18)16-8-33(9-16)22(35)34-12-23(13-34)5-15(6-23)21-29-20(30-31-21)14-1-2-14/h3-4,7,14-17H,1-2,5-6,8-13H2,(H,29,30,31). The van der Waals surface area contributed by atoms with Crippen molar-refractivity contribution in [3.05, 3.63) is 35.7 Å². The third-order valence-electron chi connectivity index (χ3n) is 8.60. The van der Waals surface area contributed by atoms with Crippen LogP contribution in [0.15, 0.2) is 18.3 Å². The first kappa shape index (κ1) is 21.4. The summed E-state index contributed by atoms with van der Waals surface area (Å²) >= 11 is 0. The highest BCUT2D eigenvalue weighted by Crippen LogP contribution is 2.56. The van der Waals surface area contributed by atoms with E-state index >= 15 is 0 Å². The molecule has 7 rings (SSSR count). The number of hydrogen-bond donors (Lipinski definition) is 1. The van der Waals surface area contributed by atoms with Crippen molar-refractivity contribution in [1.29, 1.82) is 0 Å². The number of aromatic nitrogens is 4. The Hall–Kier alpha value is -2.85. The van der Waals surface area contributed by atoms with Gasteiger partial charge in [0.1, 0.15) is 11.6 Å². The number of aromatic amines is 1. The van der Waals surface area contributed by atoms with E-state index in [1.807, 2.05) is 21.9 Å². The Morgan fingerprint density at radius 2 is 1.63 bits per heavy atom.